The summed E-state index contributed by atoms with van der Waals surface area (Å²) >= 11 is 5.93. The monoisotopic (exact) mass is 425 g/mol. The first-order valence-corrected chi connectivity index (χ1v) is 9.98. The van der Waals surface area contributed by atoms with E-state index >= 15 is 0 Å². The van der Waals surface area contributed by atoms with Gasteiger partial charge in [0.2, 0.25) is 5.91 Å². The van der Waals surface area contributed by atoms with E-state index in [1.54, 1.807) is 49.7 Å². The number of furan rings is 1. The van der Waals surface area contributed by atoms with E-state index in [-0.39, 0.29) is 30.9 Å². The number of benzene rings is 2. The smallest absolute Gasteiger partial charge is 0.253 e. The maximum absolute atomic E-state index is 12.7. The van der Waals surface area contributed by atoms with Crippen molar-refractivity contribution >= 4 is 29.1 Å². The number of carbonyl (C=O) groups excluding carboxylic acids is 2. The molecule has 156 valence electrons. The van der Waals surface area contributed by atoms with E-state index in [0.29, 0.717) is 22.0 Å². The summed E-state index contributed by atoms with van der Waals surface area (Å²) in [4.78, 5) is 26.9. The van der Waals surface area contributed by atoms with Crippen molar-refractivity contribution in [3.63, 3.8) is 0 Å². The van der Waals surface area contributed by atoms with Gasteiger partial charge in [-0.15, -0.1) is 0 Å². The third-order valence-corrected chi connectivity index (χ3v) is 5.07. The zero-order chi connectivity index (χ0) is 21.5. The van der Waals surface area contributed by atoms with Crippen molar-refractivity contribution in [2.75, 3.05) is 18.5 Å². The van der Waals surface area contributed by atoms with Gasteiger partial charge >= 0.3 is 0 Å². The number of rotatable bonds is 8. The Hall–Kier alpha value is -3.09. The molecule has 2 amide bonds. The van der Waals surface area contributed by atoms with Gasteiger partial charge in [-0.1, -0.05) is 35.9 Å². The van der Waals surface area contributed by atoms with Crippen LogP contribution in [0.4, 0.5) is 5.69 Å². The van der Waals surface area contributed by atoms with Crippen LogP contribution in [0.15, 0.2) is 71.3 Å². The van der Waals surface area contributed by atoms with Gasteiger partial charge in [0.1, 0.15) is 5.76 Å². The number of hydrogen-bond acceptors (Lipinski definition) is 4. The minimum Gasteiger partial charge on any atom is -0.467 e. The van der Waals surface area contributed by atoms with Crippen LogP contribution in [0.3, 0.4) is 0 Å². The third-order valence-electron chi connectivity index (χ3n) is 4.82. The Morgan fingerprint density at radius 3 is 2.50 bits per heavy atom. The molecule has 1 atom stereocenters. The van der Waals surface area contributed by atoms with Gasteiger partial charge in [0.25, 0.3) is 5.91 Å². The molecule has 1 unspecified atom stereocenters. The van der Waals surface area contributed by atoms with Gasteiger partial charge < -0.3 is 20.0 Å². The van der Waals surface area contributed by atoms with E-state index in [2.05, 4.69) is 10.6 Å². The van der Waals surface area contributed by atoms with Crippen LogP contribution >= 0.6 is 11.6 Å². The molecular formula is C23H24ClN3O3. The standard InChI is InChI=1S/C23H24ClN3O3/c1-16(17-9-11-18(24)12-10-17)25-15-22(28)27(2)21-8-4-3-7-20(21)23(29)26-14-19-6-5-13-30-19/h3-13,16,25H,14-15H2,1-2H3,(H,26,29). The van der Waals surface area contributed by atoms with Gasteiger partial charge in [-0.3, -0.25) is 9.59 Å². The van der Waals surface area contributed by atoms with Crippen LogP contribution in [0.25, 0.3) is 0 Å². The Bertz CT molecular complexity index is 987. The van der Waals surface area contributed by atoms with Gasteiger partial charge in [-0.2, -0.15) is 0 Å². The van der Waals surface area contributed by atoms with Crippen molar-refractivity contribution in [1.82, 2.24) is 10.6 Å². The molecule has 2 aromatic carbocycles. The van der Waals surface area contributed by atoms with Crippen LogP contribution in [0.2, 0.25) is 5.02 Å². The molecule has 6 nitrogen and oxygen atoms in total. The molecule has 7 heteroatoms. The fourth-order valence-electron chi connectivity index (χ4n) is 3.00. The van der Waals surface area contributed by atoms with Gasteiger partial charge in [-0.05, 0) is 48.9 Å². The Labute approximate surface area is 180 Å². The van der Waals surface area contributed by atoms with E-state index in [1.807, 2.05) is 31.2 Å². The summed E-state index contributed by atoms with van der Waals surface area (Å²) < 4.78 is 5.24. The van der Waals surface area contributed by atoms with Crippen LogP contribution in [0.1, 0.15) is 34.6 Å². The van der Waals surface area contributed by atoms with Crippen molar-refractivity contribution in [1.29, 1.82) is 0 Å². The molecule has 0 spiro atoms. The Kier molecular flexibility index (Phi) is 7.27. The Morgan fingerprint density at radius 1 is 1.07 bits per heavy atom. The summed E-state index contributed by atoms with van der Waals surface area (Å²) in [6, 6.07) is 18.0. The molecule has 3 aromatic rings. The largest absolute Gasteiger partial charge is 0.467 e. The Balaban J connectivity index is 1.62. The number of nitrogens with one attached hydrogen (secondary N) is 2. The highest BCUT2D eigenvalue weighted by Crippen LogP contribution is 2.20. The number of para-hydroxylation sites is 1. The lowest BCUT2D eigenvalue weighted by atomic mass is 10.1. The summed E-state index contributed by atoms with van der Waals surface area (Å²) in [5.74, 6) is 0.233. The molecule has 1 aromatic heterocycles. The second-order valence-electron chi connectivity index (χ2n) is 6.89. The second-order valence-corrected chi connectivity index (χ2v) is 7.32. The predicted octanol–water partition coefficient (Wildman–Crippen LogP) is 4.18. The molecule has 0 fully saturated rings. The van der Waals surface area contributed by atoms with E-state index in [4.69, 9.17) is 16.0 Å². The van der Waals surface area contributed by atoms with E-state index in [0.717, 1.165) is 5.56 Å². The summed E-state index contributed by atoms with van der Waals surface area (Å²) in [5, 5.41) is 6.70. The summed E-state index contributed by atoms with van der Waals surface area (Å²) in [6.45, 7) is 2.38. The van der Waals surface area contributed by atoms with E-state index in [9.17, 15) is 9.59 Å². The topological polar surface area (TPSA) is 74.6 Å². The van der Waals surface area contributed by atoms with Crippen LogP contribution < -0.4 is 15.5 Å². The number of hydrogen-bond donors (Lipinski definition) is 2. The predicted molar refractivity (Wildman–Crippen MR) is 118 cm³/mol. The van der Waals surface area contributed by atoms with Crippen LogP contribution in [0, 0.1) is 0 Å². The SMILES string of the molecule is CC(NCC(=O)N(C)c1ccccc1C(=O)NCc1ccco1)c1ccc(Cl)cc1. The first-order chi connectivity index (χ1) is 14.5. The van der Waals surface area contributed by atoms with Gasteiger partial charge in [0.15, 0.2) is 0 Å². The van der Waals surface area contributed by atoms with Crippen LogP contribution in [0.5, 0.6) is 0 Å². The molecule has 0 aliphatic carbocycles. The zero-order valence-corrected chi connectivity index (χ0v) is 17.6. The van der Waals surface area contributed by atoms with Crippen molar-refractivity contribution in [2.24, 2.45) is 0 Å². The lowest BCUT2D eigenvalue weighted by molar-refractivity contribution is -0.117. The molecule has 1 heterocycles. The molecule has 30 heavy (non-hydrogen) atoms. The summed E-state index contributed by atoms with van der Waals surface area (Å²) in [7, 11) is 1.66. The third kappa shape index (κ3) is 5.49. The average Bonchev–Trinajstić information content (AvgIpc) is 3.29. The zero-order valence-electron chi connectivity index (χ0n) is 16.9. The van der Waals surface area contributed by atoms with Gasteiger partial charge in [0, 0.05) is 18.1 Å². The fraction of sp³-hybridized carbons (Fsp3) is 0.217. The molecule has 2 N–H and O–H groups in total. The number of halogens is 1. The fourth-order valence-corrected chi connectivity index (χ4v) is 3.12. The minimum atomic E-state index is -0.274. The first kappa shape index (κ1) is 21.6. The van der Waals surface area contributed by atoms with E-state index in [1.165, 1.54) is 4.90 Å². The second kappa shape index (κ2) is 10.1. The molecule has 0 radical (unpaired) electrons. The molecule has 0 saturated carbocycles. The normalized spacial score (nSPS) is 11.7. The minimum absolute atomic E-state index is 0.0218. The lowest BCUT2D eigenvalue weighted by Gasteiger charge is -2.22. The highest BCUT2D eigenvalue weighted by atomic mass is 35.5. The number of likely N-dealkylation sites (N-methyl/N-ethyl adjacent to an activating group) is 1. The van der Waals surface area contributed by atoms with Gasteiger partial charge in [0.05, 0.1) is 30.6 Å². The highest BCUT2D eigenvalue weighted by molar-refractivity contribution is 6.30. The molecule has 3 rings (SSSR count). The van der Waals surface area contributed by atoms with Crippen LogP contribution in [-0.2, 0) is 11.3 Å². The van der Waals surface area contributed by atoms with Crippen molar-refractivity contribution in [3.05, 3.63) is 88.8 Å². The van der Waals surface area contributed by atoms with Crippen LogP contribution in [-0.4, -0.2) is 25.4 Å². The summed E-state index contributed by atoms with van der Waals surface area (Å²) in [6.07, 6.45) is 1.56. The summed E-state index contributed by atoms with van der Waals surface area (Å²) in [5.41, 5.74) is 2.00. The number of amides is 2. The van der Waals surface area contributed by atoms with Crippen molar-refractivity contribution in [2.45, 2.75) is 19.5 Å². The van der Waals surface area contributed by atoms with Crippen molar-refractivity contribution < 1.29 is 14.0 Å². The average molecular weight is 426 g/mol. The molecular weight excluding hydrogens is 402 g/mol. The van der Waals surface area contributed by atoms with E-state index < -0.39 is 0 Å². The number of nitrogens with zero attached hydrogens (tertiary/aromatic N) is 1. The Morgan fingerprint density at radius 2 is 1.80 bits per heavy atom. The van der Waals surface area contributed by atoms with Gasteiger partial charge in [-0.25, -0.2) is 0 Å². The number of carbonyl (C=O) groups is 2. The molecule has 0 aliphatic heterocycles. The van der Waals surface area contributed by atoms with Crippen molar-refractivity contribution in [3.8, 4) is 0 Å². The maximum atomic E-state index is 12.7. The number of anilines is 1. The lowest BCUT2D eigenvalue weighted by Crippen LogP contribution is -2.37. The highest BCUT2D eigenvalue weighted by Gasteiger charge is 2.19. The molecule has 0 aliphatic rings. The molecule has 0 saturated heterocycles. The first-order valence-electron chi connectivity index (χ1n) is 9.60. The maximum Gasteiger partial charge on any atom is 0.253 e. The molecule has 0 bridgehead atoms. The quantitative estimate of drug-likeness (QED) is 0.567.